The van der Waals surface area contributed by atoms with Gasteiger partial charge in [-0.15, -0.1) is 10.2 Å². The van der Waals surface area contributed by atoms with E-state index >= 15 is 0 Å². The summed E-state index contributed by atoms with van der Waals surface area (Å²) in [7, 11) is 1.63. The number of rotatable bonds is 8. The summed E-state index contributed by atoms with van der Waals surface area (Å²) in [6, 6.07) is 5.90. The van der Waals surface area contributed by atoms with Crippen molar-refractivity contribution in [2.75, 3.05) is 13.7 Å². The fraction of sp³-hybridized carbons (Fsp3) is 0.438. The maximum atomic E-state index is 13.0. The standard InChI is InChI=1S/C16H21FN4O2S/c1-11(13-4-6-14(17)7-5-13)19-15(22)12(2)24-16-20-18-10-21(16)8-9-23-3/h4-7,10-12H,8-9H2,1-3H3,(H,19,22). The highest BCUT2D eigenvalue weighted by Crippen LogP contribution is 2.22. The van der Waals surface area contributed by atoms with Crippen molar-refractivity contribution < 1.29 is 13.9 Å². The van der Waals surface area contributed by atoms with Gasteiger partial charge < -0.3 is 14.6 Å². The molecule has 1 aromatic heterocycles. The summed E-state index contributed by atoms with van der Waals surface area (Å²) in [5, 5.41) is 11.2. The molecule has 0 saturated carbocycles. The van der Waals surface area contributed by atoms with Gasteiger partial charge in [0.05, 0.1) is 17.9 Å². The fourth-order valence-corrected chi connectivity index (χ4v) is 2.92. The van der Waals surface area contributed by atoms with E-state index in [-0.39, 0.29) is 23.0 Å². The molecular weight excluding hydrogens is 331 g/mol. The average molecular weight is 352 g/mol. The molecule has 1 heterocycles. The van der Waals surface area contributed by atoms with Crippen LogP contribution in [0.15, 0.2) is 35.7 Å². The molecule has 0 aliphatic heterocycles. The zero-order valence-electron chi connectivity index (χ0n) is 13.9. The molecule has 0 bridgehead atoms. The van der Waals surface area contributed by atoms with Crippen LogP contribution in [0, 0.1) is 5.82 Å². The highest BCUT2D eigenvalue weighted by atomic mass is 32.2. The molecule has 1 N–H and O–H groups in total. The zero-order chi connectivity index (χ0) is 17.5. The van der Waals surface area contributed by atoms with E-state index < -0.39 is 0 Å². The van der Waals surface area contributed by atoms with Crippen molar-refractivity contribution >= 4 is 17.7 Å². The third kappa shape index (κ3) is 5.04. The van der Waals surface area contributed by atoms with E-state index in [1.807, 2.05) is 18.4 Å². The van der Waals surface area contributed by atoms with Crippen LogP contribution in [-0.4, -0.2) is 39.6 Å². The quantitative estimate of drug-likeness (QED) is 0.739. The number of halogens is 1. The van der Waals surface area contributed by atoms with Gasteiger partial charge in [-0.05, 0) is 31.5 Å². The number of nitrogens with one attached hydrogen (secondary N) is 1. The van der Waals surface area contributed by atoms with E-state index in [2.05, 4.69) is 15.5 Å². The molecule has 0 radical (unpaired) electrons. The number of amides is 1. The van der Waals surface area contributed by atoms with Crippen LogP contribution in [0.1, 0.15) is 25.5 Å². The highest BCUT2D eigenvalue weighted by Gasteiger charge is 2.20. The van der Waals surface area contributed by atoms with Gasteiger partial charge in [-0.3, -0.25) is 4.79 Å². The number of hydrogen-bond donors (Lipinski definition) is 1. The molecule has 0 aliphatic rings. The molecule has 2 atom stereocenters. The first-order chi connectivity index (χ1) is 11.5. The number of aromatic nitrogens is 3. The number of nitrogens with zero attached hydrogens (tertiary/aromatic N) is 3. The Morgan fingerprint density at radius 3 is 2.75 bits per heavy atom. The third-order valence-corrected chi connectivity index (χ3v) is 4.59. The Bertz CT molecular complexity index is 662. The predicted octanol–water partition coefficient (Wildman–Crippen LogP) is 2.42. The number of carbonyl (C=O) groups is 1. The maximum Gasteiger partial charge on any atom is 0.233 e. The number of carbonyl (C=O) groups excluding carboxylic acids is 1. The van der Waals surface area contributed by atoms with E-state index in [0.717, 1.165) is 5.56 Å². The number of ether oxygens (including phenoxy) is 1. The Labute approximate surface area is 144 Å². The largest absolute Gasteiger partial charge is 0.383 e. The Morgan fingerprint density at radius 1 is 1.38 bits per heavy atom. The molecule has 0 spiro atoms. The van der Waals surface area contributed by atoms with Gasteiger partial charge in [0.2, 0.25) is 5.91 Å². The van der Waals surface area contributed by atoms with E-state index in [1.165, 1.54) is 23.9 Å². The summed E-state index contributed by atoms with van der Waals surface area (Å²) in [5.74, 6) is -0.408. The first-order valence-electron chi connectivity index (χ1n) is 7.60. The molecule has 130 valence electrons. The molecule has 1 amide bonds. The molecule has 24 heavy (non-hydrogen) atoms. The smallest absolute Gasteiger partial charge is 0.233 e. The summed E-state index contributed by atoms with van der Waals surface area (Å²) in [4.78, 5) is 12.4. The van der Waals surface area contributed by atoms with Gasteiger partial charge in [-0.1, -0.05) is 23.9 Å². The molecule has 0 aliphatic carbocycles. The minimum absolute atomic E-state index is 0.113. The summed E-state index contributed by atoms with van der Waals surface area (Å²) in [6.07, 6.45) is 1.62. The second-order valence-corrected chi connectivity index (χ2v) is 6.65. The van der Waals surface area contributed by atoms with Crippen LogP contribution in [-0.2, 0) is 16.1 Å². The zero-order valence-corrected chi connectivity index (χ0v) is 14.7. The predicted molar refractivity (Wildman–Crippen MR) is 90.2 cm³/mol. The Hall–Kier alpha value is -1.93. The van der Waals surface area contributed by atoms with Gasteiger partial charge >= 0.3 is 0 Å². The lowest BCUT2D eigenvalue weighted by molar-refractivity contribution is -0.120. The van der Waals surface area contributed by atoms with Crippen LogP contribution >= 0.6 is 11.8 Å². The summed E-state index contributed by atoms with van der Waals surface area (Å²) in [6.45, 7) is 4.86. The lowest BCUT2D eigenvalue weighted by Gasteiger charge is -2.17. The third-order valence-electron chi connectivity index (χ3n) is 3.50. The number of hydrogen-bond acceptors (Lipinski definition) is 5. The molecule has 8 heteroatoms. The fourth-order valence-electron chi connectivity index (χ4n) is 2.06. The van der Waals surface area contributed by atoms with Crippen LogP contribution in [0.25, 0.3) is 0 Å². The number of thioether (sulfide) groups is 1. The maximum absolute atomic E-state index is 13.0. The minimum atomic E-state index is -0.335. The van der Waals surface area contributed by atoms with Crippen molar-refractivity contribution in [1.29, 1.82) is 0 Å². The molecule has 6 nitrogen and oxygen atoms in total. The Kier molecular flexibility index (Phi) is 6.74. The summed E-state index contributed by atoms with van der Waals surface area (Å²) in [5.41, 5.74) is 0.852. The first-order valence-corrected chi connectivity index (χ1v) is 8.48. The van der Waals surface area contributed by atoms with Gasteiger partial charge in [0.15, 0.2) is 5.16 Å². The van der Waals surface area contributed by atoms with Gasteiger partial charge in [-0.25, -0.2) is 4.39 Å². The van der Waals surface area contributed by atoms with E-state index in [4.69, 9.17) is 4.74 Å². The van der Waals surface area contributed by atoms with Crippen LogP contribution in [0.5, 0.6) is 0 Å². The lowest BCUT2D eigenvalue weighted by atomic mass is 10.1. The topological polar surface area (TPSA) is 69.0 Å². The van der Waals surface area contributed by atoms with Crippen LogP contribution < -0.4 is 5.32 Å². The monoisotopic (exact) mass is 352 g/mol. The summed E-state index contributed by atoms with van der Waals surface area (Å²) < 4.78 is 19.9. The molecule has 0 saturated heterocycles. The average Bonchev–Trinajstić information content (AvgIpc) is 3.00. The minimum Gasteiger partial charge on any atom is -0.383 e. The molecule has 1 aromatic carbocycles. The summed E-state index contributed by atoms with van der Waals surface area (Å²) >= 11 is 1.34. The van der Waals surface area contributed by atoms with Crippen molar-refractivity contribution in [3.8, 4) is 0 Å². The van der Waals surface area contributed by atoms with E-state index in [1.54, 1.807) is 25.6 Å². The van der Waals surface area contributed by atoms with Crippen LogP contribution in [0.2, 0.25) is 0 Å². The normalized spacial score (nSPS) is 13.5. The highest BCUT2D eigenvalue weighted by molar-refractivity contribution is 8.00. The first kappa shape index (κ1) is 18.4. The molecule has 2 rings (SSSR count). The Balaban J connectivity index is 1.92. The second-order valence-electron chi connectivity index (χ2n) is 5.34. The van der Waals surface area contributed by atoms with Crippen molar-refractivity contribution in [3.63, 3.8) is 0 Å². The molecule has 0 fully saturated rings. The molecule has 2 unspecified atom stereocenters. The van der Waals surface area contributed by atoms with E-state index in [9.17, 15) is 9.18 Å². The second kappa shape index (κ2) is 8.79. The van der Waals surface area contributed by atoms with Crippen molar-refractivity contribution in [2.24, 2.45) is 0 Å². The van der Waals surface area contributed by atoms with Gasteiger partial charge in [0.1, 0.15) is 12.1 Å². The Morgan fingerprint density at radius 2 is 2.08 bits per heavy atom. The van der Waals surface area contributed by atoms with Crippen LogP contribution in [0.3, 0.4) is 0 Å². The van der Waals surface area contributed by atoms with Crippen molar-refractivity contribution in [3.05, 3.63) is 42.0 Å². The number of benzene rings is 1. The molecular formula is C16H21FN4O2S. The van der Waals surface area contributed by atoms with Gasteiger partial charge in [0, 0.05) is 13.7 Å². The van der Waals surface area contributed by atoms with Crippen LogP contribution in [0.4, 0.5) is 4.39 Å². The van der Waals surface area contributed by atoms with Crippen molar-refractivity contribution in [2.45, 2.75) is 36.8 Å². The van der Waals surface area contributed by atoms with Gasteiger partial charge in [0.25, 0.3) is 0 Å². The molecule has 2 aromatic rings. The number of methoxy groups -OCH3 is 1. The van der Waals surface area contributed by atoms with Gasteiger partial charge in [-0.2, -0.15) is 0 Å². The lowest BCUT2D eigenvalue weighted by Crippen LogP contribution is -2.33. The van der Waals surface area contributed by atoms with E-state index in [0.29, 0.717) is 18.3 Å². The SMILES string of the molecule is COCCn1cnnc1SC(C)C(=O)NC(C)c1ccc(F)cc1. The van der Waals surface area contributed by atoms with Crippen molar-refractivity contribution in [1.82, 2.24) is 20.1 Å².